The molecule has 0 atom stereocenters. The van der Waals surface area contributed by atoms with Gasteiger partial charge in [-0.25, -0.2) is 0 Å². The van der Waals surface area contributed by atoms with Crippen LogP contribution in [0.1, 0.15) is 5.56 Å². The number of rotatable bonds is 3. The van der Waals surface area contributed by atoms with Gasteiger partial charge in [-0.05, 0) is 28.8 Å². The molecule has 0 aliphatic heterocycles. The molecule has 17 heavy (non-hydrogen) atoms. The van der Waals surface area contributed by atoms with Crippen molar-refractivity contribution in [3.63, 3.8) is 0 Å². The Morgan fingerprint density at radius 1 is 1.06 bits per heavy atom. The summed E-state index contributed by atoms with van der Waals surface area (Å²) < 4.78 is 5.12. The normalized spacial score (nSPS) is 10.3. The van der Waals surface area contributed by atoms with Gasteiger partial charge in [-0.1, -0.05) is 41.9 Å². The van der Waals surface area contributed by atoms with Crippen molar-refractivity contribution < 1.29 is 4.74 Å². The third-order valence-electron chi connectivity index (χ3n) is 2.67. The van der Waals surface area contributed by atoms with Crippen LogP contribution in [-0.2, 0) is 6.54 Å². The monoisotopic (exact) mass is 247 g/mol. The average molecular weight is 248 g/mol. The zero-order valence-corrected chi connectivity index (χ0v) is 10.4. The second-order valence-electron chi connectivity index (χ2n) is 3.75. The van der Waals surface area contributed by atoms with E-state index in [0.717, 1.165) is 16.7 Å². The first kappa shape index (κ1) is 12.0. The molecule has 0 radical (unpaired) electrons. The summed E-state index contributed by atoms with van der Waals surface area (Å²) in [5, 5.41) is 0.618. The van der Waals surface area contributed by atoms with E-state index < -0.39 is 0 Å². The lowest BCUT2D eigenvalue weighted by Crippen LogP contribution is -1.95. The molecular formula is C14H14ClNO. The fourth-order valence-corrected chi connectivity index (χ4v) is 1.94. The summed E-state index contributed by atoms with van der Waals surface area (Å²) in [4.78, 5) is 0. The van der Waals surface area contributed by atoms with Crippen LogP contribution in [0.3, 0.4) is 0 Å². The van der Waals surface area contributed by atoms with Crippen LogP contribution in [0.5, 0.6) is 5.75 Å². The van der Waals surface area contributed by atoms with E-state index in [9.17, 15) is 0 Å². The Morgan fingerprint density at radius 2 is 1.71 bits per heavy atom. The third kappa shape index (κ3) is 2.60. The maximum atomic E-state index is 6.09. The van der Waals surface area contributed by atoms with Crippen LogP contribution in [0, 0.1) is 0 Å². The Balaban J connectivity index is 2.35. The molecule has 0 spiro atoms. The van der Waals surface area contributed by atoms with E-state index in [1.165, 1.54) is 0 Å². The summed E-state index contributed by atoms with van der Waals surface area (Å²) in [6, 6.07) is 13.9. The van der Waals surface area contributed by atoms with E-state index in [2.05, 4.69) is 0 Å². The number of halogens is 1. The fourth-order valence-electron chi connectivity index (χ4n) is 1.68. The highest BCUT2D eigenvalue weighted by atomic mass is 35.5. The molecule has 2 aromatic carbocycles. The molecule has 2 rings (SSSR count). The molecule has 0 heterocycles. The quantitative estimate of drug-likeness (QED) is 0.901. The molecule has 2 N–H and O–H groups in total. The highest BCUT2D eigenvalue weighted by Gasteiger charge is 2.03. The van der Waals surface area contributed by atoms with Gasteiger partial charge in [0.05, 0.1) is 12.1 Å². The van der Waals surface area contributed by atoms with Gasteiger partial charge < -0.3 is 10.5 Å². The van der Waals surface area contributed by atoms with Crippen LogP contribution in [0.4, 0.5) is 0 Å². The molecule has 0 fully saturated rings. The van der Waals surface area contributed by atoms with Crippen LogP contribution in [0.2, 0.25) is 5.02 Å². The van der Waals surface area contributed by atoms with E-state index in [0.29, 0.717) is 17.3 Å². The van der Waals surface area contributed by atoms with Crippen LogP contribution in [0.25, 0.3) is 11.1 Å². The molecule has 0 saturated heterocycles. The van der Waals surface area contributed by atoms with Crippen LogP contribution < -0.4 is 10.5 Å². The van der Waals surface area contributed by atoms with Crippen molar-refractivity contribution in [1.29, 1.82) is 0 Å². The summed E-state index contributed by atoms with van der Waals surface area (Å²) in [5.74, 6) is 0.689. The van der Waals surface area contributed by atoms with Gasteiger partial charge in [0, 0.05) is 6.54 Å². The van der Waals surface area contributed by atoms with E-state index in [4.69, 9.17) is 22.1 Å². The SMILES string of the molecule is COc1ccc(-c2ccc(CN)cc2)cc1Cl. The minimum Gasteiger partial charge on any atom is -0.495 e. The Kier molecular flexibility index (Phi) is 3.67. The molecule has 2 aromatic rings. The standard InChI is InChI=1S/C14H14ClNO/c1-17-14-7-6-12(8-13(14)15)11-4-2-10(9-16)3-5-11/h2-8H,9,16H2,1H3. The number of nitrogens with two attached hydrogens (primary N) is 1. The summed E-state index contributed by atoms with van der Waals surface area (Å²) in [6.07, 6.45) is 0. The van der Waals surface area contributed by atoms with Crippen molar-refractivity contribution in [2.45, 2.75) is 6.54 Å². The first-order valence-electron chi connectivity index (χ1n) is 5.37. The topological polar surface area (TPSA) is 35.2 Å². The lowest BCUT2D eigenvalue weighted by molar-refractivity contribution is 0.415. The van der Waals surface area contributed by atoms with Crippen LogP contribution in [-0.4, -0.2) is 7.11 Å². The average Bonchev–Trinajstić information content (AvgIpc) is 2.39. The molecular weight excluding hydrogens is 234 g/mol. The Labute approximate surface area is 106 Å². The largest absolute Gasteiger partial charge is 0.495 e. The van der Waals surface area contributed by atoms with Crippen LogP contribution >= 0.6 is 11.6 Å². The molecule has 0 amide bonds. The van der Waals surface area contributed by atoms with E-state index in [1.54, 1.807) is 7.11 Å². The van der Waals surface area contributed by atoms with Gasteiger partial charge in [-0.3, -0.25) is 0 Å². The lowest BCUT2D eigenvalue weighted by atomic mass is 10.0. The van der Waals surface area contributed by atoms with Crippen molar-refractivity contribution in [3.05, 3.63) is 53.1 Å². The Morgan fingerprint density at radius 3 is 2.24 bits per heavy atom. The number of hydrogen-bond donors (Lipinski definition) is 1. The number of benzene rings is 2. The van der Waals surface area contributed by atoms with E-state index >= 15 is 0 Å². The predicted octanol–water partition coefficient (Wildman–Crippen LogP) is 3.47. The van der Waals surface area contributed by atoms with Crippen molar-refractivity contribution in [2.24, 2.45) is 5.73 Å². The van der Waals surface area contributed by atoms with Gasteiger partial charge >= 0.3 is 0 Å². The molecule has 3 heteroatoms. The molecule has 0 bridgehead atoms. The van der Waals surface area contributed by atoms with Gasteiger partial charge in [0.1, 0.15) is 5.75 Å². The maximum Gasteiger partial charge on any atom is 0.137 e. The molecule has 0 saturated carbocycles. The highest BCUT2D eigenvalue weighted by Crippen LogP contribution is 2.30. The summed E-state index contributed by atoms with van der Waals surface area (Å²) in [7, 11) is 1.61. The van der Waals surface area contributed by atoms with E-state index in [-0.39, 0.29) is 0 Å². The summed E-state index contributed by atoms with van der Waals surface area (Å²) in [5.41, 5.74) is 8.87. The Bertz CT molecular complexity index is 508. The molecule has 0 aromatic heterocycles. The Hall–Kier alpha value is -1.51. The van der Waals surface area contributed by atoms with Gasteiger partial charge in [-0.2, -0.15) is 0 Å². The zero-order valence-electron chi connectivity index (χ0n) is 9.61. The molecule has 0 aliphatic carbocycles. The first-order valence-corrected chi connectivity index (χ1v) is 5.75. The fraction of sp³-hybridized carbons (Fsp3) is 0.143. The van der Waals surface area contributed by atoms with Gasteiger partial charge in [0.2, 0.25) is 0 Å². The van der Waals surface area contributed by atoms with Crippen molar-refractivity contribution in [2.75, 3.05) is 7.11 Å². The minimum atomic E-state index is 0.559. The van der Waals surface area contributed by atoms with Crippen LogP contribution in [0.15, 0.2) is 42.5 Å². The van der Waals surface area contributed by atoms with Crippen molar-refractivity contribution in [3.8, 4) is 16.9 Å². The molecule has 2 nitrogen and oxygen atoms in total. The maximum absolute atomic E-state index is 6.09. The van der Waals surface area contributed by atoms with Gasteiger partial charge in [0.15, 0.2) is 0 Å². The number of methoxy groups -OCH3 is 1. The van der Waals surface area contributed by atoms with Crippen molar-refractivity contribution >= 4 is 11.6 Å². The minimum absolute atomic E-state index is 0.559. The van der Waals surface area contributed by atoms with Gasteiger partial charge in [0.25, 0.3) is 0 Å². The first-order chi connectivity index (χ1) is 8.24. The van der Waals surface area contributed by atoms with E-state index in [1.807, 2.05) is 42.5 Å². The molecule has 0 unspecified atom stereocenters. The number of ether oxygens (including phenoxy) is 1. The zero-order chi connectivity index (χ0) is 12.3. The predicted molar refractivity (Wildman–Crippen MR) is 71.3 cm³/mol. The molecule has 0 aliphatic rings. The summed E-state index contributed by atoms with van der Waals surface area (Å²) >= 11 is 6.09. The highest BCUT2D eigenvalue weighted by molar-refractivity contribution is 6.32. The second kappa shape index (κ2) is 5.21. The summed E-state index contributed by atoms with van der Waals surface area (Å²) in [6.45, 7) is 0.559. The number of hydrogen-bond acceptors (Lipinski definition) is 2. The lowest BCUT2D eigenvalue weighted by Gasteiger charge is -2.07. The van der Waals surface area contributed by atoms with Crippen molar-refractivity contribution in [1.82, 2.24) is 0 Å². The second-order valence-corrected chi connectivity index (χ2v) is 4.16. The molecule has 88 valence electrons. The smallest absolute Gasteiger partial charge is 0.137 e. The van der Waals surface area contributed by atoms with Gasteiger partial charge in [-0.15, -0.1) is 0 Å². The third-order valence-corrected chi connectivity index (χ3v) is 2.97.